The van der Waals surface area contributed by atoms with Gasteiger partial charge in [-0.25, -0.2) is 15.0 Å². The summed E-state index contributed by atoms with van der Waals surface area (Å²) in [5.74, 6) is 0.777. The Labute approximate surface area is 100 Å². The van der Waals surface area contributed by atoms with Crippen LogP contribution < -0.4 is 11.1 Å². The number of aromatic amines is 1. The van der Waals surface area contributed by atoms with Crippen LogP contribution in [0.15, 0.2) is 12.7 Å². The second kappa shape index (κ2) is 5.58. The zero-order chi connectivity index (χ0) is 12.1. The molecule has 2 heterocycles. The summed E-state index contributed by atoms with van der Waals surface area (Å²) >= 11 is 0. The van der Waals surface area contributed by atoms with Gasteiger partial charge in [0.1, 0.15) is 11.8 Å². The van der Waals surface area contributed by atoms with Crippen molar-refractivity contribution < 1.29 is 0 Å². The number of imidazole rings is 1. The average Bonchev–Trinajstić information content (AvgIpc) is 2.83. The summed E-state index contributed by atoms with van der Waals surface area (Å²) in [6.45, 7) is 2.77. The predicted octanol–water partition coefficient (Wildman–Crippen LogP) is 1.28. The van der Waals surface area contributed by atoms with E-state index in [1.807, 2.05) is 0 Å². The summed E-state index contributed by atoms with van der Waals surface area (Å²) in [4.78, 5) is 15.4. The number of hydrogen-bond donors (Lipinski definition) is 3. The predicted molar refractivity (Wildman–Crippen MR) is 67.7 cm³/mol. The van der Waals surface area contributed by atoms with Crippen LogP contribution in [0.4, 0.5) is 5.82 Å². The summed E-state index contributed by atoms with van der Waals surface area (Å²) in [5.41, 5.74) is 7.26. The molecule has 0 aromatic carbocycles. The topological polar surface area (TPSA) is 92.5 Å². The quantitative estimate of drug-likeness (QED) is 0.700. The lowest BCUT2D eigenvalue weighted by Crippen LogP contribution is -2.29. The zero-order valence-corrected chi connectivity index (χ0v) is 9.98. The van der Waals surface area contributed by atoms with Crippen LogP contribution in [0.2, 0.25) is 0 Å². The van der Waals surface area contributed by atoms with E-state index in [0.29, 0.717) is 12.2 Å². The fourth-order valence-electron chi connectivity index (χ4n) is 1.77. The molecule has 0 amide bonds. The third-order valence-corrected chi connectivity index (χ3v) is 2.75. The van der Waals surface area contributed by atoms with Gasteiger partial charge in [-0.05, 0) is 6.42 Å². The molecule has 1 atom stereocenters. The molecule has 2 aromatic rings. The van der Waals surface area contributed by atoms with Gasteiger partial charge in [0.15, 0.2) is 11.5 Å². The number of rotatable bonds is 6. The molecule has 0 aliphatic carbocycles. The van der Waals surface area contributed by atoms with Gasteiger partial charge in [0.25, 0.3) is 0 Å². The molecule has 0 spiro atoms. The molecule has 1 unspecified atom stereocenters. The molecule has 0 aliphatic heterocycles. The second-order valence-corrected chi connectivity index (χ2v) is 4.04. The SMILES string of the molecule is CCCCC(CN)Nc1ncnc2nc[nH]c12. The molecule has 2 aromatic heterocycles. The number of fused-ring (bicyclic) bond motifs is 1. The van der Waals surface area contributed by atoms with Crippen LogP contribution in [0.25, 0.3) is 11.2 Å². The van der Waals surface area contributed by atoms with E-state index >= 15 is 0 Å². The minimum atomic E-state index is 0.247. The Morgan fingerprint density at radius 3 is 3.06 bits per heavy atom. The minimum Gasteiger partial charge on any atom is -0.364 e. The van der Waals surface area contributed by atoms with Crippen LogP contribution in [0, 0.1) is 0 Å². The Hall–Kier alpha value is -1.69. The molecule has 17 heavy (non-hydrogen) atoms. The lowest BCUT2D eigenvalue weighted by molar-refractivity contribution is 0.613. The second-order valence-electron chi connectivity index (χ2n) is 4.04. The Bertz CT molecular complexity index is 466. The largest absolute Gasteiger partial charge is 0.364 e. The summed E-state index contributed by atoms with van der Waals surface area (Å²) in [7, 11) is 0. The van der Waals surface area contributed by atoms with Gasteiger partial charge in [-0.2, -0.15) is 0 Å². The fourth-order valence-corrected chi connectivity index (χ4v) is 1.77. The van der Waals surface area contributed by atoms with E-state index in [1.54, 1.807) is 6.33 Å². The van der Waals surface area contributed by atoms with Crippen molar-refractivity contribution in [1.29, 1.82) is 0 Å². The molecule has 4 N–H and O–H groups in total. The number of anilines is 1. The standard InChI is InChI=1S/C11H18N6/c1-2-3-4-8(5-12)17-11-9-10(14-6-13-9)15-7-16-11/h6-8H,2-5,12H2,1H3,(H2,13,14,15,16,17). The van der Waals surface area contributed by atoms with E-state index in [1.165, 1.54) is 12.7 Å². The third kappa shape index (κ3) is 2.71. The van der Waals surface area contributed by atoms with Crippen molar-refractivity contribution in [2.75, 3.05) is 11.9 Å². The summed E-state index contributed by atoms with van der Waals surface area (Å²) in [5, 5.41) is 3.35. The molecule has 6 heteroatoms. The highest BCUT2D eigenvalue weighted by molar-refractivity contribution is 5.82. The van der Waals surface area contributed by atoms with Gasteiger partial charge < -0.3 is 16.0 Å². The Kier molecular flexibility index (Phi) is 3.87. The molecule has 2 rings (SSSR count). The Morgan fingerprint density at radius 1 is 1.41 bits per heavy atom. The minimum absolute atomic E-state index is 0.247. The maximum atomic E-state index is 5.75. The van der Waals surface area contributed by atoms with Crippen LogP contribution in [-0.4, -0.2) is 32.5 Å². The molecule has 0 saturated heterocycles. The summed E-state index contributed by atoms with van der Waals surface area (Å²) < 4.78 is 0. The van der Waals surface area contributed by atoms with E-state index < -0.39 is 0 Å². The van der Waals surface area contributed by atoms with E-state index in [-0.39, 0.29) is 6.04 Å². The highest BCUT2D eigenvalue weighted by Crippen LogP contribution is 2.16. The van der Waals surface area contributed by atoms with Crippen molar-refractivity contribution in [2.45, 2.75) is 32.2 Å². The summed E-state index contributed by atoms with van der Waals surface area (Å²) in [6.07, 6.45) is 6.51. The summed E-state index contributed by atoms with van der Waals surface area (Å²) in [6, 6.07) is 0.247. The van der Waals surface area contributed by atoms with E-state index in [0.717, 1.165) is 24.2 Å². The van der Waals surface area contributed by atoms with Gasteiger partial charge in [0, 0.05) is 12.6 Å². The van der Waals surface area contributed by atoms with Crippen molar-refractivity contribution in [3.63, 3.8) is 0 Å². The number of nitrogens with zero attached hydrogens (tertiary/aromatic N) is 3. The molecular formula is C11H18N6. The van der Waals surface area contributed by atoms with Crippen molar-refractivity contribution in [2.24, 2.45) is 5.73 Å². The number of nitrogens with two attached hydrogens (primary N) is 1. The van der Waals surface area contributed by atoms with Crippen LogP contribution in [0.1, 0.15) is 26.2 Å². The number of hydrogen-bond acceptors (Lipinski definition) is 5. The molecule has 0 radical (unpaired) electrons. The van der Waals surface area contributed by atoms with Gasteiger partial charge >= 0.3 is 0 Å². The number of H-pyrrole nitrogens is 1. The van der Waals surface area contributed by atoms with Crippen LogP contribution >= 0.6 is 0 Å². The lowest BCUT2D eigenvalue weighted by Gasteiger charge is -2.16. The van der Waals surface area contributed by atoms with E-state index in [2.05, 4.69) is 32.2 Å². The maximum absolute atomic E-state index is 5.75. The number of nitrogens with one attached hydrogen (secondary N) is 2. The number of aromatic nitrogens is 4. The molecule has 0 fully saturated rings. The average molecular weight is 234 g/mol. The first-order valence-electron chi connectivity index (χ1n) is 5.95. The van der Waals surface area contributed by atoms with Gasteiger partial charge in [-0.15, -0.1) is 0 Å². The Morgan fingerprint density at radius 2 is 2.29 bits per heavy atom. The lowest BCUT2D eigenvalue weighted by atomic mass is 10.1. The maximum Gasteiger partial charge on any atom is 0.182 e. The fraction of sp³-hybridized carbons (Fsp3) is 0.545. The molecule has 92 valence electrons. The number of unbranched alkanes of at least 4 members (excludes halogenated alkanes) is 1. The van der Waals surface area contributed by atoms with Crippen molar-refractivity contribution in [1.82, 2.24) is 19.9 Å². The highest BCUT2D eigenvalue weighted by Gasteiger charge is 2.10. The van der Waals surface area contributed by atoms with E-state index in [4.69, 9.17) is 5.73 Å². The third-order valence-electron chi connectivity index (χ3n) is 2.75. The van der Waals surface area contributed by atoms with Gasteiger partial charge in [-0.1, -0.05) is 19.8 Å². The van der Waals surface area contributed by atoms with Gasteiger partial charge in [-0.3, -0.25) is 0 Å². The first kappa shape index (κ1) is 11.8. The zero-order valence-electron chi connectivity index (χ0n) is 9.98. The highest BCUT2D eigenvalue weighted by atomic mass is 15.1. The first-order valence-corrected chi connectivity index (χ1v) is 5.95. The van der Waals surface area contributed by atoms with Crippen LogP contribution in [0.3, 0.4) is 0 Å². The van der Waals surface area contributed by atoms with Gasteiger partial charge in [0.05, 0.1) is 6.33 Å². The van der Waals surface area contributed by atoms with Crippen molar-refractivity contribution in [3.8, 4) is 0 Å². The molecule has 6 nitrogen and oxygen atoms in total. The van der Waals surface area contributed by atoms with Crippen LogP contribution in [0.5, 0.6) is 0 Å². The molecular weight excluding hydrogens is 216 g/mol. The Balaban J connectivity index is 2.13. The van der Waals surface area contributed by atoms with Crippen LogP contribution in [-0.2, 0) is 0 Å². The van der Waals surface area contributed by atoms with Crippen molar-refractivity contribution in [3.05, 3.63) is 12.7 Å². The van der Waals surface area contributed by atoms with Crippen molar-refractivity contribution >= 4 is 17.0 Å². The molecule has 0 saturated carbocycles. The smallest absolute Gasteiger partial charge is 0.182 e. The molecule has 0 aliphatic rings. The molecule has 0 bridgehead atoms. The monoisotopic (exact) mass is 234 g/mol. The first-order chi connectivity index (χ1) is 8.35. The van der Waals surface area contributed by atoms with E-state index in [9.17, 15) is 0 Å². The van der Waals surface area contributed by atoms with Gasteiger partial charge in [0.2, 0.25) is 0 Å². The normalized spacial score (nSPS) is 12.8.